The molecule has 0 aliphatic carbocycles. The van der Waals surface area contributed by atoms with E-state index in [1.54, 1.807) is 17.6 Å². The highest BCUT2D eigenvalue weighted by atomic mass is 35.5. The number of hydrogen-bond acceptors (Lipinski definition) is 5. The zero-order valence-corrected chi connectivity index (χ0v) is 18.8. The molecule has 2 aromatic carbocycles. The fraction of sp³-hybridized carbons (Fsp3) is 0.238. The van der Waals surface area contributed by atoms with E-state index < -0.39 is 16.1 Å². The van der Waals surface area contributed by atoms with Crippen molar-refractivity contribution in [3.8, 4) is 11.8 Å². The predicted molar refractivity (Wildman–Crippen MR) is 119 cm³/mol. The van der Waals surface area contributed by atoms with Crippen molar-refractivity contribution in [3.63, 3.8) is 0 Å². The van der Waals surface area contributed by atoms with Gasteiger partial charge in [0.1, 0.15) is 5.75 Å². The number of aryl methyl sites for hydroxylation is 1. The maximum absolute atomic E-state index is 12.8. The van der Waals surface area contributed by atoms with Crippen molar-refractivity contribution in [1.29, 1.82) is 0 Å². The van der Waals surface area contributed by atoms with Crippen LogP contribution in [-0.4, -0.2) is 28.2 Å². The smallest absolute Gasteiger partial charge is 0.322 e. The third-order valence-corrected chi connectivity index (χ3v) is 6.92. The van der Waals surface area contributed by atoms with Gasteiger partial charge in [-0.05, 0) is 62.1 Å². The summed E-state index contributed by atoms with van der Waals surface area (Å²) in [5, 5.41) is 9.76. The summed E-state index contributed by atoms with van der Waals surface area (Å²) in [6, 6.07) is 11.9. The molecule has 4 aromatic rings. The average Bonchev–Trinajstić information content (AvgIpc) is 3.35. The number of ether oxygens (including phenoxy) is 1. The van der Waals surface area contributed by atoms with E-state index in [1.807, 2.05) is 44.3 Å². The van der Waals surface area contributed by atoms with Gasteiger partial charge in [0.25, 0.3) is 0 Å². The number of aromatic amines is 1. The Hall–Kier alpha value is -2.88. The molecule has 0 radical (unpaired) electrons. The number of benzene rings is 2. The van der Waals surface area contributed by atoms with E-state index in [9.17, 15) is 8.42 Å². The van der Waals surface area contributed by atoms with Gasteiger partial charge >= 0.3 is 6.01 Å². The molecule has 31 heavy (non-hydrogen) atoms. The Kier molecular flexibility index (Phi) is 5.74. The van der Waals surface area contributed by atoms with Crippen molar-refractivity contribution in [2.45, 2.75) is 38.3 Å². The van der Waals surface area contributed by atoms with Crippen LogP contribution in [0.3, 0.4) is 0 Å². The number of halogens is 1. The van der Waals surface area contributed by atoms with Gasteiger partial charge in [0.2, 0.25) is 10.0 Å². The van der Waals surface area contributed by atoms with Crippen molar-refractivity contribution in [3.05, 3.63) is 65.1 Å². The van der Waals surface area contributed by atoms with Gasteiger partial charge in [-0.2, -0.15) is 0 Å². The molecular weight excluding hydrogens is 438 g/mol. The largest absolute Gasteiger partial charge is 0.424 e. The topological polar surface area (TPSA) is 102 Å². The molecule has 8 nitrogen and oxygen atoms in total. The minimum Gasteiger partial charge on any atom is -0.424 e. The Bertz CT molecular complexity index is 1350. The molecule has 4 rings (SSSR count). The van der Waals surface area contributed by atoms with Crippen LogP contribution in [0.25, 0.3) is 10.9 Å². The van der Waals surface area contributed by atoms with Gasteiger partial charge in [-0.15, -0.1) is 5.10 Å². The maximum Gasteiger partial charge on any atom is 0.322 e. The van der Waals surface area contributed by atoms with Crippen LogP contribution in [0, 0.1) is 6.92 Å². The van der Waals surface area contributed by atoms with Gasteiger partial charge in [-0.25, -0.2) is 13.1 Å². The first-order chi connectivity index (χ1) is 14.8. The molecule has 0 saturated carbocycles. The quantitative estimate of drug-likeness (QED) is 0.421. The number of hydrogen-bond donors (Lipinski definition) is 2. The van der Waals surface area contributed by atoms with Crippen LogP contribution < -0.4 is 9.46 Å². The first kappa shape index (κ1) is 21.4. The number of fused-ring (bicyclic) bond motifs is 1. The molecule has 0 aliphatic heterocycles. The number of aromatic nitrogens is 4. The van der Waals surface area contributed by atoms with Crippen molar-refractivity contribution < 1.29 is 13.2 Å². The van der Waals surface area contributed by atoms with Crippen LogP contribution in [0.5, 0.6) is 11.8 Å². The van der Waals surface area contributed by atoms with Crippen LogP contribution in [-0.2, 0) is 16.6 Å². The highest BCUT2D eigenvalue weighted by molar-refractivity contribution is 7.89. The Morgan fingerprint density at radius 1 is 1.19 bits per heavy atom. The molecule has 162 valence electrons. The molecule has 0 aliphatic rings. The van der Waals surface area contributed by atoms with Crippen molar-refractivity contribution in [1.82, 2.24) is 24.5 Å². The summed E-state index contributed by atoms with van der Waals surface area (Å²) in [4.78, 5) is 3.23. The summed E-state index contributed by atoms with van der Waals surface area (Å²) in [6.45, 7) is 5.94. The molecule has 0 fully saturated rings. The van der Waals surface area contributed by atoms with E-state index in [0.29, 0.717) is 23.1 Å². The first-order valence-electron chi connectivity index (χ1n) is 9.75. The molecule has 10 heteroatoms. The number of rotatable bonds is 7. The molecule has 2 aromatic heterocycles. The van der Waals surface area contributed by atoms with Gasteiger partial charge in [-0.3, -0.25) is 4.57 Å². The van der Waals surface area contributed by atoms with Crippen molar-refractivity contribution in [2.24, 2.45) is 0 Å². The zero-order chi connectivity index (χ0) is 22.2. The summed E-state index contributed by atoms with van der Waals surface area (Å²) in [5.74, 6) is 1.05. The van der Waals surface area contributed by atoms with Gasteiger partial charge in [0, 0.05) is 29.3 Å². The van der Waals surface area contributed by atoms with Crippen LogP contribution in [0.1, 0.15) is 31.3 Å². The van der Waals surface area contributed by atoms with Crippen LogP contribution >= 0.6 is 11.6 Å². The lowest BCUT2D eigenvalue weighted by molar-refractivity contribution is 0.408. The van der Waals surface area contributed by atoms with E-state index >= 15 is 0 Å². The first-order valence-corrected chi connectivity index (χ1v) is 11.6. The predicted octanol–water partition coefficient (Wildman–Crippen LogP) is 4.57. The lowest BCUT2D eigenvalue weighted by atomic mass is 10.2. The monoisotopic (exact) mass is 459 g/mol. The van der Waals surface area contributed by atoms with Crippen molar-refractivity contribution in [2.75, 3.05) is 0 Å². The third kappa shape index (κ3) is 4.30. The third-order valence-electron chi connectivity index (χ3n) is 4.97. The number of H-pyrrole nitrogens is 1. The number of nitrogens with one attached hydrogen (secondary N) is 2. The van der Waals surface area contributed by atoms with Gasteiger partial charge in [0.15, 0.2) is 5.82 Å². The standard InChI is InChI=1S/C21H22ClN5O3S/c1-4-27-20(14(3)26-31(28,29)17-8-5-13(2)18(22)12-17)24-25-21(27)30-16-7-6-15-9-10-23-19(15)11-16/h5-12,14,23,26H,4H2,1-3H3/t14-/m1/s1. The Morgan fingerprint density at radius 2 is 2.00 bits per heavy atom. The second-order valence-electron chi connectivity index (χ2n) is 7.17. The zero-order valence-electron chi connectivity index (χ0n) is 17.3. The molecular formula is C21H22ClN5O3S. The van der Waals surface area contributed by atoms with E-state index in [0.717, 1.165) is 16.5 Å². The molecule has 0 saturated heterocycles. The van der Waals surface area contributed by atoms with E-state index in [4.69, 9.17) is 16.3 Å². The second-order valence-corrected chi connectivity index (χ2v) is 9.29. The molecule has 2 N–H and O–H groups in total. The second kappa shape index (κ2) is 8.33. The highest BCUT2D eigenvalue weighted by Gasteiger charge is 2.24. The minimum atomic E-state index is -3.80. The summed E-state index contributed by atoms with van der Waals surface area (Å²) < 4.78 is 35.9. The molecule has 0 bridgehead atoms. The Balaban J connectivity index is 1.57. The Morgan fingerprint density at radius 3 is 2.74 bits per heavy atom. The van der Waals surface area contributed by atoms with Crippen LogP contribution in [0.15, 0.2) is 53.6 Å². The molecule has 0 amide bonds. The van der Waals surface area contributed by atoms with Gasteiger partial charge < -0.3 is 9.72 Å². The van der Waals surface area contributed by atoms with Gasteiger partial charge in [0.05, 0.1) is 10.9 Å². The summed E-state index contributed by atoms with van der Waals surface area (Å²) in [7, 11) is -3.80. The summed E-state index contributed by atoms with van der Waals surface area (Å²) >= 11 is 6.09. The number of nitrogens with zero attached hydrogens (tertiary/aromatic N) is 3. The van der Waals surface area contributed by atoms with E-state index in [2.05, 4.69) is 19.9 Å². The molecule has 0 unspecified atom stereocenters. The van der Waals surface area contributed by atoms with Crippen LogP contribution in [0.2, 0.25) is 5.02 Å². The number of sulfonamides is 1. The lowest BCUT2D eigenvalue weighted by Gasteiger charge is -2.15. The highest BCUT2D eigenvalue weighted by Crippen LogP contribution is 2.27. The molecule has 2 heterocycles. The van der Waals surface area contributed by atoms with Crippen molar-refractivity contribution >= 4 is 32.5 Å². The van der Waals surface area contributed by atoms with E-state index in [-0.39, 0.29) is 10.9 Å². The fourth-order valence-corrected chi connectivity index (χ4v) is 4.76. The summed E-state index contributed by atoms with van der Waals surface area (Å²) in [6.07, 6.45) is 1.86. The summed E-state index contributed by atoms with van der Waals surface area (Å²) in [5.41, 5.74) is 1.75. The lowest BCUT2D eigenvalue weighted by Crippen LogP contribution is -2.29. The normalized spacial score (nSPS) is 12.9. The average molecular weight is 460 g/mol. The minimum absolute atomic E-state index is 0.0910. The molecule has 1 atom stereocenters. The Labute approximate surface area is 185 Å². The SMILES string of the molecule is CCn1c(Oc2ccc3cc[nH]c3c2)nnc1[C@@H](C)NS(=O)(=O)c1ccc(C)c(Cl)c1. The maximum atomic E-state index is 12.8. The van der Waals surface area contributed by atoms with E-state index in [1.165, 1.54) is 12.1 Å². The van der Waals surface area contributed by atoms with Gasteiger partial charge in [-0.1, -0.05) is 22.8 Å². The fourth-order valence-electron chi connectivity index (χ4n) is 3.28. The van der Waals surface area contributed by atoms with Crippen LogP contribution in [0.4, 0.5) is 0 Å². The molecule has 0 spiro atoms.